The fourth-order valence-corrected chi connectivity index (χ4v) is 6.68. The average Bonchev–Trinajstić information content (AvgIpc) is 3.66. The third-order valence-corrected chi connectivity index (χ3v) is 9.72. The number of amides is 1. The van der Waals surface area contributed by atoms with Crippen molar-refractivity contribution in [2.75, 3.05) is 53.1 Å². The predicted molar refractivity (Wildman–Crippen MR) is 152 cm³/mol. The van der Waals surface area contributed by atoms with Gasteiger partial charge in [-0.25, -0.2) is 22.2 Å². The summed E-state index contributed by atoms with van der Waals surface area (Å²) in [6, 6.07) is 6.02. The number of benzene rings is 1. The fourth-order valence-electron chi connectivity index (χ4n) is 5.83. The molecule has 2 saturated heterocycles. The molecular formula is C28H35F2N5O5S. The van der Waals surface area contributed by atoms with E-state index in [-0.39, 0.29) is 60.0 Å². The van der Waals surface area contributed by atoms with Crippen molar-refractivity contribution >= 4 is 38.9 Å². The Morgan fingerprint density at radius 3 is 2.15 bits per heavy atom. The number of Topliss-reactive ketones (excluding diaryl/α,β-unsaturated/α-hetero) is 1. The predicted octanol–water partition coefficient (Wildman–Crippen LogP) is 3.40. The van der Waals surface area contributed by atoms with Crippen LogP contribution in [0.5, 0.6) is 0 Å². The standard InChI is InChI=1S/C28H35F2N5O5S/c1-18(37)19-2-4-21(32-26(19)35-14-10-28(29,30)11-15-35)23-22(33-41(39,40)17-16-36)5-3-20(25(31)38)24(23)34-12-8-27(6-7-27)9-13-34/h2-5,33,36H,6-17H2,1H3,(H2,31,38). The van der Waals surface area contributed by atoms with Gasteiger partial charge in [-0.3, -0.25) is 14.3 Å². The minimum absolute atomic E-state index is 0.0118. The zero-order chi connectivity index (χ0) is 29.6. The number of nitrogens with two attached hydrogens (primary N) is 1. The van der Waals surface area contributed by atoms with E-state index in [9.17, 15) is 31.9 Å². The molecule has 3 fully saturated rings. The molecule has 10 nitrogen and oxygen atoms in total. The van der Waals surface area contributed by atoms with E-state index in [1.165, 1.54) is 19.1 Å². The smallest absolute Gasteiger partial charge is 0.251 e. The number of carbonyl (C=O) groups is 2. The van der Waals surface area contributed by atoms with Crippen LogP contribution >= 0.6 is 0 Å². The minimum atomic E-state index is -3.98. The zero-order valence-electron chi connectivity index (χ0n) is 23.0. The number of hydrogen-bond donors (Lipinski definition) is 3. The van der Waals surface area contributed by atoms with Gasteiger partial charge >= 0.3 is 0 Å². The summed E-state index contributed by atoms with van der Waals surface area (Å²) in [5.74, 6) is -4.12. The molecule has 222 valence electrons. The van der Waals surface area contributed by atoms with Crippen LogP contribution in [0.25, 0.3) is 11.3 Å². The van der Waals surface area contributed by atoms with Crippen molar-refractivity contribution in [1.29, 1.82) is 0 Å². The van der Waals surface area contributed by atoms with E-state index < -0.39 is 34.2 Å². The first kappa shape index (κ1) is 29.2. The second kappa shape index (κ2) is 10.8. The number of rotatable bonds is 9. The van der Waals surface area contributed by atoms with Gasteiger partial charge in [-0.15, -0.1) is 0 Å². The summed E-state index contributed by atoms with van der Waals surface area (Å²) in [4.78, 5) is 33.6. The monoisotopic (exact) mass is 591 g/mol. The van der Waals surface area contributed by atoms with E-state index in [2.05, 4.69) is 4.72 Å². The maximum absolute atomic E-state index is 14.0. The molecule has 0 atom stereocenters. The first-order valence-corrected chi connectivity index (χ1v) is 15.5. The molecule has 5 rings (SSSR count). The number of aliphatic hydroxyl groups is 1. The molecule has 3 heterocycles. The van der Waals surface area contributed by atoms with Crippen molar-refractivity contribution < 1.29 is 31.9 Å². The molecule has 2 aromatic rings. The van der Waals surface area contributed by atoms with Gasteiger partial charge < -0.3 is 20.6 Å². The maximum atomic E-state index is 14.0. The zero-order valence-corrected chi connectivity index (χ0v) is 23.8. The van der Waals surface area contributed by atoms with Gasteiger partial charge in [0.1, 0.15) is 5.82 Å². The first-order valence-electron chi connectivity index (χ1n) is 13.8. The number of alkyl halides is 2. The Balaban J connectivity index is 1.69. The van der Waals surface area contributed by atoms with E-state index in [0.29, 0.717) is 29.8 Å². The molecule has 0 unspecified atom stereocenters. The van der Waals surface area contributed by atoms with Crippen LogP contribution in [-0.2, 0) is 10.0 Å². The molecule has 13 heteroatoms. The fraction of sp³-hybridized carbons (Fsp3) is 0.536. The Morgan fingerprint density at radius 1 is 0.976 bits per heavy atom. The number of nitrogens with zero attached hydrogens (tertiary/aromatic N) is 3. The lowest BCUT2D eigenvalue weighted by Crippen LogP contribution is -2.40. The van der Waals surface area contributed by atoms with Crippen LogP contribution in [-0.4, -0.2) is 74.7 Å². The summed E-state index contributed by atoms with van der Waals surface area (Å²) in [5, 5.41) is 9.30. The molecule has 2 aliphatic heterocycles. The van der Waals surface area contributed by atoms with Crippen molar-refractivity contribution in [3.8, 4) is 11.3 Å². The highest BCUT2D eigenvalue weighted by molar-refractivity contribution is 7.92. The van der Waals surface area contributed by atoms with Crippen molar-refractivity contribution in [2.24, 2.45) is 11.1 Å². The number of piperidine rings is 2. The van der Waals surface area contributed by atoms with E-state index in [1.54, 1.807) is 17.0 Å². The van der Waals surface area contributed by atoms with Crippen molar-refractivity contribution in [3.05, 3.63) is 35.4 Å². The molecule has 0 bridgehead atoms. The molecule has 0 radical (unpaired) electrons. The highest BCUT2D eigenvalue weighted by atomic mass is 32.2. The molecule has 1 spiro atoms. The van der Waals surface area contributed by atoms with Crippen molar-refractivity contribution in [2.45, 2.75) is 51.4 Å². The number of nitrogens with one attached hydrogen (secondary N) is 1. The van der Waals surface area contributed by atoms with Crippen molar-refractivity contribution in [1.82, 2.24) is 4.98 Å². The van der Waals surface area contributed by atoms with E-state index in [1.807, 2.05) is 4.90 Å². The van der Waals surface area contributed by atoms with Crippen LogP contribution in [0.1, 0.15) is 66.2 Å². The number of carbonyl (C=O) groups excluding carboxylic acids is 2. The number of aromatic nitrogens is 1. The largest absolute Gasteiger partial charge is 0.395 e. The van der Waals surface area contributed by atoms with Gasteiger partial charge in [-0.1, -0.05) is 0 Å². The molecule has 1 saturated carbocycles. The van der Waals surface area contributed by atoms with Crippen molar-refractivity contribution in [3.63, 3.8) is 0 Å². The third kappa shape index (κ3) is 6.15. The van der Waals surface area contributed by atoms with Crippen LogP contribution < -0.4 is 20.3 Å². The number of aliphatic hydroxyl groups excluding tert-OH is 1. The molecule has 3 aliphatic rings. The normalized spacial score (nSPS) is 19.7. The van der Waals surface area contributed by atoms with Crippen LogP contribution in [0.15, 0.2) is 24.3 Å². The third-order valence-electron chi connectivity index (χ3n) is 8.47. The lowest BCUT2D eigenvalue weighted by molar-refractivity contribution is -0.0221. The summed E-state index contributed by atoms with van der Waals surface area (Å²) in [5.41, 5.74) is 7.68. The van der Waals surface area contributed by atoms with Crippen LogP contribution in [0.2, 0.25) is 0 Å². The van der Waals surface area contributed by atoms with E-state index in [0.717, 1.165) is 25.7 Å². The van der Waals surface area contributed by atoms with Gasteiger partial charge in [0.2, 0.25) is 10.0 Å². The number of pyridine rings is 1. The van der Waals surface area contributed by atoms with Gasteiger partial charge in [0.25, 0.3) is 11.8 Å². The highest BCUT2D eigenvalue weighted by Crippen LogP contribution is 2.55. The van der Waals surface area contributed by atoms with Crippen LogP contribution in [0, 0.1) is 5.41 Å². The molecule has 4 N–H and O–H groups in total. The summed E-state index contributed by atoms with van der Waals surface area (Å²) in [6.07, 6.45) is 3.36. The highest BCUT2D eigenvalue weighted by Gasteiger charge is 2.45. The maximum Gasteiger partial charge on any atom is 0.251 e. The Morgan fingerprint density at radius 2 is 1.59 bits per heavy atom. The Bertz CT molecular complexity index is 1460. The first-order chi connectivity index (χ1) is 19.3. The molecule has 1 aliphatic carbocycles. The van der Waals surface area contributed by atoms with Gasteiger partial charge in [0, 0.05) is 44.6 Å². The summed E-state index contributed by atoms with van der Waals surface area (Å²) in [7, 11) is -3.98. The number of halogens is 2. The lowest BCUT2D eigenvalue weighted by atomic mass is 9.91. The molecule has 41 heavy (non-hydrogen) atoms. The van der Waals surface area contributed by atoms with Gasteiger partial charge in [0.05, 0.1) is 40.6 Å². The lowest BCUT2D eigenvalue weighted by Gasteiger charge is -2.37. The topological polar surface area (TPSA) is 146 Å². The number of ketones is 1. The average molecular weight is 592 g/mol. The van der Waals surface area contributed by atoms with Gasteiger partial charge in [0.15, 0.2) is 5.78 Å². The van der Waals surface area contributed by atoms with Crippen LogP contribution in [0.4, 0.5) is 26.0 Å². The Kier molecular flexibility index (Phi) is 7.70. The Hall–Kier alpha value is -3.32. The quantitative estimate of drug-likeness (QED) is 0.376. The second-order valence-electron chi connectivity index (χ2n) is 11.3. The summed E-state index contributed by atoms with van der Waals surface area (Å²) < 4.78 is 56.0. The van der Waals surface area contributed by atoms with Crippen LogP contribution in [0.3, 0.4) is 0 Å². The van der Waals surface area contributed by atoms with Gasteiger partial charge in [-0.2, -0.15) is 0 Å². The number of hydrogen-bond acceptors (Lipinski definition) is 8. The summed E-state index contributed by atoms with van der Waals surface area (Å²) in [6.45, 7) is 2.00. The SMILES string of the molecule is CC(=O)c1ccc(-c2c(NS(=O)(=O)CCO)ccc(C(N)=O)c2N2CCC3(CC2)CC3)nc1N1CCC(F)(F)CC1. The number of primary amides is 1. The molecule has 1 aromatic heterocycles. The number of anilines is 3. The summed E-state index contributed by atoms with van der Waals surface area (Å²) >= 11 is 0. The van der Waals surface area contributed by atoms with E-state index >= 15 is 0 Å². The van der Waals surface area contributed by atoms with E-state index in [4.69, 9.17) is 10.7 Å². The molecule has 1 aromatic carbocycles. The minimum Gasteiger partial charge on any atom is -0.395 e. The molecular weight excluding hydrogens is 556 g/mol. The van der Waals surface area contributed by atoms with Gasteiger partial charge in [-0.05, 0) is 62.3 Å². The second-order valence-corrected chi connectivity index (χ2v) is 13.2. The number of sulfonamides is 1. The Labute approximate surface area is 238 Å². The molecule has 1 amide bonds.